The predicted molar refractivity (Wildman–Crippen MR) is 327 cm³/mol. The molecule has 9 heteroatoms. The maximum absolute atomic E-state index is 13.0. The number of aliphatic hydroxyl groups excluding tert-OH is 1. The van der Waals surface area contributed by atoms with Crippen molar-refractivity contribution in [1.82, 2.24) is 5.32 Å². The Hall–Kier alpha value is -2.84. The van der Waals surface area contributed by atoms with Crippen molar-refractivity contribution in [3.63, 3.8) is 0 Å². The van der Waals surface area contributed by atoms with Crippen LogP contribution in [-0.2, 0) is 18.4 Å². The lowest BCUT2D eigenvalue weighted by Gasteiger charge is -2.25. The fraction of sp³-hybridized carbons (Fsp3) is 0.712. The van der Waals surface area contributed by atoms with Gasteiger partial charge in [0.05, 0.1) is 39.9 Å². The summed E-state index contributed by atoms with van der Waals surface area (Å²) in [5.74, 6) is -0.221. The molecule has 0 radical (unpaired) electrons. The molecule has 8 nitrogen and oxygen atoms in total. The minimum Gasteiger partial charge on any atom is -0.387 e. The Morgan fingerprint density at radius 2 is 0.813 bits per heavy atom. The standard InChI is InChI=1S/C66H117N2O6P/c1-6-8-10-12-14-16-18-20-22-24-26-28-30-32-33-34-36-37-39-41-43-45-47-49-51-53-55-57-59-65(69)64(63-74-75(71,72)73-62-61-68(3,4)5)67-66(70)60-58-56-54-52-50-48-46-44-42-40-38-35-31-29-27-25-23-21-19-17-15-13-11-9-7-2/h9,11,15,17,21,23,27,29,35,38,42,44,48-51,57,59,64-65,69H,6-8,10,12-14,16,18-20,22,24-26,28,30-34,36-37,39-41,43,45-47,52-56,58,60-63H2,1-5H3,(H-,67,70,71,72)/p+1/b11-9-,17-15-,23-21-,29-27-,38-35-,44-42-,50-48-,51-49+,59-57+. The summed E-state index contributed by atoms with van der Waals surface area (Å²) in [6, 6.07) is -0.891. The summed E-state index contributed by atoms with van der Waals surface area (Å²) in [7, 11) is 1.52. The first-order valence-corrected chi connectivity index (χ1v) is 32.3. The monoisotopic (exact) mass is 1070 g/mol. The van der Waals surface area contributed by atoms with E-state index in [0.717, 1.165) is 83.5 Å². The number of nitrogens with one attached hydrogen (secondary N) is 1. The van der Waals surface area contributed by atoms with Crippen molar-refractivity contribution in [2.24, 2.45) is 0 Å². The topological polar surface area (TPSA) is 105 Å². The van der Waals surface area contributed by atoms with Crippen LogP contribution in [0.15, 0.2) is 109 Å². The normalized spacial score (nSPS) is 14.6. The number of phosphoric acid groups is 1. The van der Waals surface area contributed by atoms with E-state index in [4.69, 9.17) is 9.05 Å². The molecule has 3 N–H and O–H groups in total. The van der Waals surface area contributed by atoms with Crippen LogP contribution >= 0.6 is 7.82 Å². The smallest absolute Gasteiger partial charge is 0.387 e. The van der Waals surface area contributed by atoms with Crippen molar-refractivity contribution in [1.29, 1.82) is 0 Å². The average molecular weight is 1070 g/mol. The molecule has 432 valence electrons. The van der Waals surface area contributed by atoms with Crippen LogP contribution in [0.3, 0.4) is 0 Å². The number of allylic oxidation sites excluding steroid dienone is 17. The van der Waals surface area contributed by atoms with Gasteiger partial charge in [-0.1, -0.05) is 264 Å². The van der Waals surface area contributed by atoms with Crippen LogP contribution in [0.2, 0.25) is 0 Å². The van der Waals surface area contributed by atoms with Gasteiger partial charge in [-0.2, -0.15) is 0 Å². The van der Waals surface area contributed by atoms with Crippen LogP contribution in [0, 0.1) is 0 Å². The van der Waals surface area contributed by atoms with E-state index in [1.54, 1.807) is 6.08 Å². The molecule has 0 aromatic rings. The fourth-order valence-corrected chi connectivity index (χ4v) is 9.19. The maximum Gasteiger partial charge on any atom is 0.472 e. The van der Waals surface area contributed by atoms with Crippen molar-refractivity contribution >= 4 is 13.7 Å². The molecular formula is C66H118N2O6P+. The highest BCUT2D eigenvalue weighted by Gasteiger charge is 2.27. The van der Waals surface area contributed by atoms with Crippen LogP contribution in [0.5, 0.6) is 0 Å². The number of rotatable bonds is 55. The number of carbonyl (C=O) groups excluding carboxylic acids is 1. The van der Waals surface area contributed by atoms with Crippen LogP contribution < -0.4 is 5.32 Å². The molecule has 0 aliphatic rings. The summed E-state index contributed by atoms with van der Waals surface area (Å²) in [4.78, 5) is 23.3. The number of phosphoric ester groups is 1. The van der Waals surface area contributed by atoms with Gasteiger partial charge in [0.2, 0.25) is 5.91 Å². The molecule has 0 aliphatic carbocycles. The molecular weight excluding hydrogens is 948 g/mol. The van der Waals surface area contributed by atoms with Gasteiger partial charge < -0.3 is 19.8 Å². The van der Waals surface area contributed by atoms with Crippen LogP contribution in [0.1, 0.15) is 251 Å². The minimum absolute atomic E-state index is 0.0433. The molecule has 0 fully saturated rings. The Bertz CT molecular complexity index is 1590. The molecule has 0 aromatic heterocycles. The number of likely N-dealkylation sites (N-methyl/N-ethyl adjacent to an activating group) is 1. The van der Waals surface area contributed by atoms with E-state index in [2.05, 4.69) is 116 Å². The van der Waals surface area contributed by atoms with Crippen LogP contribution in [-0.4, -0.2) is 73.4 Å². The van der Waals surface area contributed by atoms with Crippen molar-refractivity contribution in [3.8, 4) is 0 Å². The number of carbonyl (C=O) groups is 1. The molecule has 0 rings (SSSR count). The first-order valence-electron chi connectivity index (χ1n) is 30.8. The second kappa shape index (κ2) is 55.9. The Labute approximate surface area is 463 Å². The largest absolute Gasteiger partial charge is 0.472 e. The molecule has 1 amide bonds. The number of nitrogens with zero attached hydrogens (tertiary/aromatic N) is 1. The third kappa shape index (κ3) is 58.7. The minimum atomic E-state index is -4.38. The van der Waals surface area contributed by atoms with E-state index in [9.17, 15) is 19.4 Å². The fourth-order valence-electron chi connectivity index (χ4n) is 8.45. The van der Waals surface area contributed by atoms with Gasteiger partial charge in [0.25, 0.3) is 0 Å². The van der Waals surface area contributed by atoms with Gasteiger partial charge >= 0.3 is 7.82 Å². The molecule has 0 spiro atoms. The van der Waals surface area contributed by atoms with Crippen LogP contribution in [0.25, 0.3) is 0 Å². The number of amides is 1. The van der Waals surface area contributed by atoms with Gasteiger partial charge in [-0.15, -0.1) is 0 Å². The molecule has 0 bridgehead atoms. The van der Waals surface area contributed by atoms with Crippen molar-refractivity contribution in [2.75, 3.05) is 40.9 Å². The van der Waals surface area contributed by atoms with Gasteiger partial charge in [0, 0.05) is 6.42 Å². The zero-order valence-electron chi connectivity index (χ0n) is 49.3. The van der Waals surface area contributed by atoms with Gasteiger partial charge in [-0.05, 0) is 89.9 Å². The summed E-state index contributed by atoms with van der Waals surface area (Å²) in [5, 5.41) is 13.9. The maximum atomic E-state index is 13.0. The summed E-state index contributed by atoms with van der Waals surface area (Å²) >= 11 is 0. The third-order valence-corrected chi connectivity index (χ3v) is 14.2. The summed E-state index contributed by atoms with van der Waals surface area (Å²) in [5.41, 5.74) is 0. The van der Waals surface area contributed by atoms with E-state index in [1.165, 1.54) is 141 Å². The van der Waals surface area contributed by atoms with E-state index in [0.29, 0.717) is 23.9 Å². The van der Waals surface area contributed by atoms with Crippen molar-refractivity contribution in [3.05, 3.63) is 109 Å². The first kappa shape index (κ1) is 72.2. The Balaban J connectivity index is 4.31. The number of unbranched alkanes of at least 4 members (excludes halogenated alkanes) is 26. The number of hydrogen-bond acceptors (Lipinski definition) is 5. The zero-order valence-corrected chi connectivity index (χ0v) is 50.1. The predicted octanol–water partition coefficient (Wildman–Crippen LogP) is 19.2. The highest BCUT2D eigenvalue weighted by Crippen LogP contribution is 2.43. The summed E-state index contributed by atoms with van der Waals surface area (Å²) in [6.45, 7) is 4.66. The quantitative estimate of drug-likeness (QED) is 0.0243. The molecule has 0 aliphatic heterocycles. The van der Waals surface area contributed by atoms with Gasteiger partial charge in [-0.3, -0.25) is 13.8 Å². The molecule has 3 unspecified atom stereocenters. The lowest BCUT2D eigenvalue weighted by molar-refractivity contribution is -0.870. The third-order valence-electron chi connectivity index (χ3n) is 13.2. The van der Waals surface area contributed by atoms with E-state index < -0.39 is 20.0 Å². The highest BCUT2D eigenvalue weighted by atomic mass is 31.2. The van der Waals surface area contributed by atoms with Gasteiger partial charge in [0.15, 0.2) is 0 Å². The zero-order chi connectivity index (χ0) is 54.9. The highest BCUT2D eigenvalue weighted by molar-refractivity contribution is 7.47. The number of aliphatic hydroxyl groups is 1. The molecule has 3 atom stereocenters. The second-order valence-corrected chi connectivity index (χ2v) is 23.1. The van der Waals surface area contributed by atoms with Crippen LogP contribution in [0.4, 0.5) is 0 Å². The van der Waals surface area contributed by atoms with Gasteiger partial charge in [0.1, 0.15) is 13.2 Å². The van der Waals surface area contributed by atoms with E-state index in [1.807, 2.05) is 27.2 Å². The Morgan fingerprint density at radius 1 is 0.467 bits per heavy atom. The number of quaternary nitrogens is 1. The Kier molecular flexibility index (Phi) is 53.8. The number of hydrogen-bond donors (Lipinski definition) is 3. The van der Waals surface area contributed by atoms with E-state index >= 15 is 0 Å². The Morgan fingerprint density at radius 3 is 1.23 bits per heavy atom. The lowest BCUT2D eigenvalue weighted by Crippen LogP contribution is -2.45. The van der Waals surface area contributed by atoms with Gasteiger partial charge in [-0.25, -0.2) is 4.57 Å². The average Bonchev–Trinajstić information content (AvgIpc) is 3.37. The van der Waals surface area contributed by atoms with E-state index in [-0.39, 0.29) is 19.1 Å². The SMILES string of the molecule is CC/C=C\C/C=C\C/C=C\C/C=C\C/C=C\C/C=C\C/C=C\CCCCCC(=O)NC(COP(=O)(O)OCC[N+](C)(C)C)C(O)/C=C/CC/C=C/CCCCCCCCCCCCCCCCCCCCCCCC. The second-order valence-electron chi connectivity index (χ2n) is 21.7. The van der Waals surface area contributed by atoms with Crippen molar-refractivity contribution in [2.45, 2.75) is 264 Å². The molecule has 0 heterocycles. The summed E-state index contributed by atoms with van der Waals surface area (Å²) in [6.07, 6.45) is 82.1. The molecule has 75 heavy (non-hydrogen) atoms. The molecule has 0 aromatic carbocycles. The van der Waals surface area contributed by atoms with Crippen molar-refractivity contribution < 1.29 is 32.9 Å². The summed E-state index contributed by atoms with van der Waals surface area (Å²) < 4.78 is 23.7. The molecule has 0 saturated carbocycles. The molecule has 0 saturated heterocycles. The first-order chi connectivity index (χ1) is 36.5. The lowest BCUT2D eigenvalue weighted by atomic mass is 10.0.